The number of hydrogen-bond acceptors (Lipinski definition) is 2. The van der Waals surface area contributed by atoms with Crippen LogP contribution in [0.5, 0.6) is 0 Å². The number of thioether (sulfide) groups is 1. The second-order valence-corrected chi connectivity index (χ2v) is 10.2. The van der Waals surface area contributed by atoms with Crippen LogP contribution < -0.4 is 0 Å². The maximum atomic E-state index is 13.1. The highest BCUT2D eigenvalue weighted by Gasteiger charge is 2.38. The summed E-state index contributed by atoms with van der Waals surface area (Å²) in [4.78, 5) is 0.604. The van der Waals surface area contributed by atoms with Crippen molar-refractivity contribution in [3.8, 4) is 0 Å². The highest BCUT2D eigenvalue weighted by molar-refractivity contribution is 7.98. The Morgan fingerprint density at radius 1 is 1.17 bits per heavy atom. The zero-order valence-corrected chi connectivity index (χ0v) is 12.6. The molecule has 1 rings (SSSR count). The van der Waals surface area contributed by atoms with Gasteiger partial charge < -0.3 is 4.66 Å². The van der Waals surface area contributed by atoms with E-state index in [-0.39, 0.29) is 5.56 Å². The molecule has 0 N–H and O–H groups in total. The summed E-state index contributed by atoms with van der Waals surface area (Å²) in [6.07, 6.45) is -2.65. The van der Waals surface area contributed by atoms with Crippen LogP contribution in [-0.2, 0) is 0 Å². The lowest BCUT2D eigenvalue weighted by atomic mass is 10.1. The van der Waals surface area contributed by atoms with Gasteiger partial charge in [0.25, 0.3) is 0 Å². The van der Waals surface area contributed by atoms with E-state index >= 15 is 0 Å². The SMILES string of the molecule is CSc1ccccc1C(=N[Si](C)(C)C)C(F)(F)F. The molecule has 1 aromatic carbocycles. The summed E-state index contributed by atoms with van der Waals surface area (Å²) in [7, 11) is -2.19. The third kappa shape index (κ3) is 4.17. The van der Waals surface area contributed by atoms with Gasteiger partial charge in [0, 0.05) is 10.5 Å². The first-order chi connectivity index (χ1) is 8.15. The van der Waals surface area contributed by atoms with Crippen LogP contribution in [0.4, 0.5) is 13.2 Å². The minimum Gasteiger partial charge on any atom is -0.317 e. The third-order valence-electron chi connectivity index (χ3n) is 2.08. The van der Waals surface area contributed by atoms with Gasteiger partial charge >= 0.3 is 6.18 Å². The predicted molar refractivity (Wildman–Crippen MR) is 74.2 cm³/mol. The van der Waals surface area contributed by atoms with Gasteiger partial charge in [-0.3, -0.25) is 0 Å². The van der Waals surface area contributed by atoms with Gasteiger partial charge in [0.2, 0.25) is 0 Å². The van der Waals surface area contributed by atoms with Crippen LogP contribution in [0, 0.1) is 0 Å². The zero-order valence-electron chi connectivity index (χ0n) is 10.8. The van der Waals surface area contributed by atoms with Gasteiger partial charge in [-0.05, 0) is 32.0 Å². The number of alkyl halides is 3. The van der Waals surface area contributed by atoms with Gasteiger partial charge in [0.15, 0.2) is 8.24 Å². The highest BCUT2D eigenvalue weighted by atomic mass is 32.2. The highest BCUT2D eigenvalue weighted by Crippen LogP contribution is 2.29. The summed E-state index contributed by atoms with van der Waals surface area (Å²) >= 11 is 1.30. The first kappa shape index (κ1) is 15.3. The lowest BCUT2D eigenvalue weighted by Gasteiger charge is -2.18. The molecule has 0 aliphatic rings. The lowest BCUT2D eigenvalue weighted by Crippen LogP contribution is -2.30. The van der Waals surface area contributed by atoms with Crippen molar-refractivity contribution < 1.29 is 13.2 Å². The van der Waals surface area contributed by atoms with E-state index in [2.05, 4.69) is 4.66 Å². The molecule has 100 valence electrons. The van der Waals surface area contributed by atoms with Crippen LogP contribution in [0.3, 0.4) is 0 Å². The predicted octanol–water partition coefficient (Wildman–Crippen LogP) is 4.59. The molecule has 0 saturated heterocycles. The normalized spacial score (nSPS) is 13.8. The smallest absolute Gasteiger partial charge is 0.317 e. The van der Waals surface area contributed by atoms with Crippen LogP contribution in [0.2, 0.25) is 19.6 Å². The van der Waals surface area contributed by atoms with Crippen molar-refractivity contribution >= 4 is 25.7 Å². The van der Waals surface area contributed by atoms with Gasteiger partial charge in [0.05, 0.1) is 0 Å². The first-order valence-electron chi connectivity index (χ1n) is 5.45. The van der Waals surface area contributed by atoms with Crippen LogP contribution in [-0.4, -0.2) is 26.4 Å². The molecule has 0 fully saturated rings. The minimum atomic E-state index is -4.41. The van der Waals surface area contributed by atoms with Crippen molar-refractivity contribution in [3.63, 3.8) is 0 Å². The van der Waals surface area contributed by atoms with E-state index in [1.54, 1.807) is 44.1 Å². The Kier molecular flexibility index (Phi) is 4.66. The fraction of sp³-hybridized carbons (Fsp3) is 0.417. The molecule has 6 heteroatoms. The van der Waals surface area contributed by atoms with Crippen LogP contribution in [0.25, 0.3) is 0 Å². The Bertz CT molecular complexity index is 449. The van der Waals surface area contributed by atoms with Crippen molar-refractivity contribution in [3.05, 3.63) is 29.8 Å². The fourth-order valence-electron chi connectivity index (χ4n) is 1.45. The fourth-order valence-corrected chi connectivity index (χ4v) is 2.97. The quantitative estimate of drug-likeness (QED) is 0.450. The molecule has 0 heterocycles. The Balaban J connectivity index is 3.41. The molecule has 0 radical (unpaired) electrons. The monoisotopic (exact) mass is 291 g/mol. The zero-order chi connectivity index (χ0) is 14.0. The van der Waals surface area contributed by atoms with Crippen molar-refractivity contribution in [1.29, 1.82) is 0 Å². The molecular formula is C12H16F3NSSi. The molecule has 18 heavy (non-hydrogen) atoms. The van der Waals surface area contributed by atoms with E-state index in [4.69, 9.17) is 0 Å². The Morgan fingerprint density at radius 3 is 2.17 bits per heavy atom. The van der Waals surface area contributed by atoms with E-state index < -0.39 is 20.1 Å². The molecule has 1 nitrogen and oxygen atoms in total. The number of hydrogen-bond donors (Lipinski definition) is 0. The van der Waals surface area contributed by atoms with Gasteiger partial charge in [-0.1, -0.05) is 18.2 Å². The summed E-state index contributed by atoms with van der Waals surface area (Å²) in [6.45, 7) is 5.38. The Morgan fingerprint density at radius 2 is 1.72 bits per heavy atom. The van der Waals surface area contributed by atoms with E-state index in [1.165, 1.54) is 17.8 Å². The number of halogens is 3. The molecule has 0 amide bonds. The lowest BCUT2D eigenvalue weighted by molar-refractivity contribution is -0.0580. The van der Waals surface area contributed by atoms with Gasteiger partial charge in [-0.2, -0.15) is 13.2 Å². The second-order valence-electron chi connectivity index (χ2n) is 4.83. The van der Waals surface area contributed by atoms with Crippen LogP contribution in [0.1, 0.15) is 5.56 Å². The average molecular weight is 291 g/mol. The Hall–Kier alpha value is -0.753. The average Bonchev–Trinajstić information content (AvgIpc) is 2.23. The van der Waals surface area contributed by atoms with E-state index in [9.17, 15) is 13.2 Å². The molecule has 0 unspecified atom stereocenters. The van der Waals surface area contributed by atoms with Crippen molar-refractivity contribution in [2.45, 2.75) is 30.7 Å². The molecule has 0 bridgehead atoms. The van der Waals surface area contributed by atoms with Crippen molar-refractivity contribution in [2.24, 2.45) is 4.66 Å². The second kappa shape index (κ2) is 5.48. The molecule has 0 aromatic heterocycles. The maximum Gasteiger partial charge on any atom is 0.432 e. The van der Waals surface area contributed by atoms with Gasteiger partial charge in [-0.15, -0.1) is 11.8 Å². The topological polar surface area (TPSA) is 12.4 Å². The number of rotatable bonds is 3. The summed E-state index contributed by atoms with van der Waals surface area (Å²) in [5.74, 6) is 0. The molecule has 1 aromatic rings. The molecule has 0 atom stereocenters. The molecule has 0 saturated carbocycles. The first-order valence-corrected chi connectivity index (χ1v) is 10.1. The molecule has 0 aliphatic heterocycles. The maximum absolute atomic E-state index is 13.1. The number of nitrogens with zero attached hydrogens (tertiary/aromatic N) is 1. The van der Waals surface area contributed by atoms with Crippen molar-refractivity contribution in [1.82, 2.24) is 0 Å². The summed E-state index contributed by atoms with van der Waals surface area (Å²) in [6, 6.07) is 6.52. The molecule has 0 aliphatic carbocycles. The van der Waals surface area contributed by atoms with E-state index in [1.807, 2.05) is 0 Å². The van der Waals surface area contributed by atoms with E-state index in [0.29, 0.717) is 4.90 Å². The largest absolute Gasteiger partial charge is 0.432 e. The Labute approximate surface area is 111 Å². The molecular weight excluding hydrogens is 275 g/mol. The number of benzene rings is 1. The van der Waals surface area contributed by atoms with E-state index in [0.717, 1.165) is 0 Å². The standard InChI is InChI=1S/C12H16F3NSSi/c1-17-10-8-6-5-7-9(10)11(12(13,14)15)16-18(2,3)4/h5-8H,1-4H3. The van der Waals surface area contributed by atoms with Crippen LogP contribution in [0.15, 0.2) is 33.8 Å². The van der Waals surface area contributed by atoms with Gasteiger partial charge in [-0.25, -0.2) is 0 Å². The van der Waals surface area contributed by atoms with Crippen LogP contribution >= 0.6 is 11.8 Å². The summed E-state index contributed by atoms with van der Waals surface area (Å²) < 4.78 is 43.4. The van der Waals surface area contributed by atoms with Gasteiger partial charge in [0.1, 0.15) is 5.71 Å². The van der Waals surface area contributed by atoms with Crippen molar-refractivity contribution in [2.75, 3.05) is 6.26 Å². The summed E-state index contributed by atoms with van der Waals surface area (Å²) in [5, 5.41) is 0. The molecule has 0 spiro atoms. The summed E-state index contributed by atoms with van der Waals surface area (Å²) in [5.41, 5.74) is -0.563. The minimum absolute atomic E-state index is 0.180. The third-order valence-corrected chi connectivity index (χ3v) is 3.77.